The molecule has 3 N–H and O–H groups in total. The number of rotatable bonds is 5. The van der Waals surface area contributed by atoms with Gasteiger partial charge in [-0.2, -0.15) is 5.10 Å². The summed E-state index contributed by atoms with van der Waals surface area (Å²) in [5.74, 6) is -0.386. The summed E-state index contributed by atoms with van der Waals surface area (Å²) in [6, 6.07) is 8.73. The van der Waals surface area contributed by atoms with Gasteiger partial charge in [0.25, 0.3) is 5.91 Å². The third-order valence-corrected chi connectivity index (χ3v) is 3.50. The molecule has 0 aliphatic rings. The Kier molecular flexibility index (Phi) is 5.89. The molecule has 0 heterocycles. The molecule has 1 amide bonds. The second-order valence-electron chi connectivity index (χ2n) is 4.80. The first kappa shape index (κ1) is 17.9. The summed E-state index contributed by atoms with van der Waals surface area (Å²) < 4.78 is 5.28. The highest BCUT2D eigenvalue weighted by Crippen LogP contribution is 2.27. The van der Waals surface area contributed by atoms with Crippen molar-refractivity contribution in [3.63, 3.8) is 0 Å². The van der Waals surface area contributed by atoms with Gasteiger partial charge in [0.05, 0.1) is 10.7 Å². The first-order chi connectivity index (χ1) is 11.4. The van der Waals surface area contributed by atoms with Gasteiger partial charge < -0.3 is 14.9 Å². The molecule has 0 fully saturated rings. The van der Waals surface area contributed by atoms with E-state index in [-0.39, 0.29) is 18.1 Å². The van der Waals surface area contributed by atoms with E-state index in [2.05, 4.69) is 10.5 Å². The maximum absolute atomic E-state index is 11.8. The third-order valence-electron chi connectivity index (χ3n) is 2.97. The second kappa shape index (κ2) is 7.90. The summed E-state index contributed by atoms with van der Waals surface area (Å²) >= 11 is 11.7. The van der Waals surface area contributed by atoms with Gasteiger partial charge in [0.2, 0.25) is 0 Å². The van der Waals surface area contributed by atoms with Crippen LogP contribution in [0, 0.1) is 0 Å². The molecule has 8 heteroatoms. The molecule has 6 nitrogen and oxygen atoms in total. The van der Waals surface area contributed by atoms with E-state index < -0.39 is 5.91 Å². The summed E-state index contributed by atoms with van der Waals surface area (Å²) in [5.41, 5.74) is 3.06. The van der Waals surface area contributed by atoms with Gasteiger partial charge in [0, 0.05) is 16.7 Å². The van der Waals surface area contributed by atoms with Gasteiger partial charge in [-0.3, -0.25) is 4.79 Å². The van der Waals surface area contributed by atoms with Gasteiger partial charge in [-0.1, -0.05) is 23.2 Å². The molecule has 0 saturated carbocycles. The number of ether oxygens (including phenoxy) is 1. The minimum atomic E-state index is -0.501. The number of hydrogen-bond donors (Lipinski definition) is 3. The van der Waals surface area contributed by atoms with Gasteiger partial charge in [-0.05, 0) is 37.3 Å². The van der Waals surface area contributed by atoms with Crippen LogP contribution in [0.25, 0.3) is 0 Å². The van der Waals surface area contributed by atoms with Gasteiger partial charge in [-0.15, -0.1) is 0 Å². The van der Waals surface area contributed by atoms with Gasteiger partial charge >= 0.3 is 0 Å². The molecule has 126 valence electrons. The number of aromatic hydroxyl groups is 2. The van der Waals surface area contributed by atoms with Gasteiger partial charge in [0.15, 0.2) is 6.61 Å². The van der Waals surface area contributed by atoms with Crippen molar-refractivity contribution in [3.8, 4) is 17.2 Å². The number of halogens is 2. The van der Waals surface area contributed by atoms with Crippen molar-refractivity contribution >= 4 is 34.8 Å². The number of nitrogens with one attached hydrogen (secondary N) is 1. The molecular weight excluding hydrogens is 355 g/mol. The Hall–Kier alpha value is -2.44. The van der Waals surface area contributed by atoms with Crippen molar-refractivity contribution in [2.24, 2.45) is 5.10 Å². The second-order valence-corrected chi connectivity index (χ2v) is 5.64. The zero-order valence-electron chi connectivity index (χ0n) is 12.6. The fraction of sp³-hybridized carbons (Fsp3) is 0.125. The van der Waals surface area contributed by atoms with E-state index in [1.807, 2.05) is 0 Å². The lowest BCUT2D eigenvalue weighted by atomic mass is 10.1. The number of hydrogen-bond acceptors (Lipinski definition) is 5. The summed E-state index contributed by atoms with van der Waals surface area (Å²) in [4.78, 5) is 11.8. The Morgan fingerprint density at radius 2 is 1.96 bits per heavy atom. The quantitative estimate of drug-likeness (QED) is 0.557. The van der Waals surface area contributed by atoms with Crippen LogP contribution in [0.1, 0.15) is 12.5 Å². The molecule has 0 radical (unpaired) electrons. The maximum atomic E-state index is 11.8. The van der Waals surface area contributed by atoms with Crippen LogP contribution in [0.3, 0.4) is 0 Å². The highest BCUT2D eigenvalue weighted by molar-refractivity contribution is 6.35. The molecule has 0 aliphatic carbocycles. The average Bonchev–Trinajstić information content (AvgIpc) is 2.51. The summed E-state index contributed by atoms with van der Waals surface area (Å²) in [7, 11) is 0. The Bertz CT molecular complexity index is 794. The molecule has 0 aliphatic heterocycles. The number of phenolic OH excluding ortho intramolecular Hbond substituents is 2. The zero-order chi connectivity index (χ0) is 17.7. The molecule has 0 atom stereocenters. The van der Waals surface area contributed by atoms with E-state index >= 15 is 0 Å². The van der Waals surface area contributed by atoms with Crippen molar-refractivity contribution in [2.45, 2.75) is 6.92 Å². The Balaban J connectivity index is 1.94. The van der Waals surface area contributed by atoms with Crippen LogP contribution in [0.5, 0.6) is 17.2 Å². The summed E-state index contributed by atoms with van der Waals surface area (Å²) in [6.07, 6.45) is 0. The number of benzene rings is 2. The smallest absolute Gasteiger partial charge is 0.277 e. The lowest BCUT2D eigenvalue weighted by molar-refractivity contribution is -0.123. The predicted octanol–water partition coefficient (Wildman–Crippen LogP) is 3.32. The Morgan fingerprint density at radius 1 is 1.21 bits per heavy atom. The van der Waals surface area contributed by atoms with Crippen LogP contribution in [-0.4, -0.2) is 28.4 Å². The molecule has 0 aromatic heterocycles. The first-order valence-electron chi connectivity index (χ1n) is 6.80. The Labute approximate surface area is 148 Å². The third kappa shape index (κ3) is 4.78. The van der Waals surface area contributed by atoms with E-state index in [1.54, 1.807) is 19.1 Å². The lowest BCUT2D eigenvalue weighted by Gasteiger charge is -2.08. The maximum Gasteiger partial charge on any atom is 0.277 e. The normalized spacial score (nSPS) is 11.2. The number of nitrogens with zero attached hydrogens (tertiary/aromatic N) is 1. The first-order valence-corrected chi connectivity index (χ1v) is 7.55. The monoisotopic (exact) mass is 368 g/mol. The number of phenols is 2. The molecule has 0 unspecified atom stereocenters. The van der Waals surface area contributed by atoms with Crippen molar-refractivity contribution in [1.29, 1.82) is 0 Å². The minimum Gasteiger partial charge on any atom is -0.508 e. The average molecular weight is 369 g/mol. The summed E-state index contributed by atoms with van der Waals surface area (Å²) in [6.45, 7) is 1.31. The molecule has 0 spiro atoms. The number of carbonyl (C=O) groups excluding carboxylic acids is 1. The van der Waals surface area contributed by atoms with Crippen molar-refractivity contribution in [1.82, 2.24) is 5.43 Å². The predicted molar refractivity (Wildman–Crippen MR) is 92.1 cm³/mol. The van der Waals surface area contributed by atoms with E-state index in [0.717, 1.165) is 0 Å². The Morgan fingerprint density at radius 3 is 2.62 bits per heavy atom. The molecule has 2 aromatic rings. The van der Waals surface area contributed by atoms with E-state index in [9.17, 15) is 15.0 Å². The largest absolute Gasteiger partial charge is 0.508 e. The van der Waals surface area contributed by atoms with E-state index in [4.69, 9.17) is 27.9 Å². The number of carbonyl (C=O) groups is 1. The molecule has 0 saturated heterocycles. The lowest BCUT2D eigenvalue weighted by Crippen LogP contribution is -2.25. The van der Waals surface area contributed by atoms with Crippen LogP contribution < -0.4 is 10.2 Å². The van der Waals surface area contributed by atoms with Crippen LogP contribution >= 0.6 is 23.2 Å². The van der Waals surface area contributed by atoms with Crippen LogP contribution in [0.4, 0.5) is 0 Å². The van der Waals surface area contributed by atoms with Crippen molar-refractivity contribution in [2.75, 3.05) is 6.61 Å². The molecule has 2 aromatic carbocycles. The minimum absolute atomic E-state index is 0.0682. The van der Waals surface area contributed by atoms with E-state index in [0.29, 0.717) is 27.1 Å². The zero-order valence-corrected chi connectivity index (χ0v) is 14.1. The highest BCUT2D eigenvalue weighted by Gasteiger charge is 2.08. The molecular formula is C16H14Cl2N2O4. The van der Waals surface area contributed by atoms with E-state index in [1.165, 1.54) is 24.3 Å². The van der Waals surface area contributed by atoms with Gasteiger partial charge in [-0.25, -0.2) is 5.43 Å². The van der Waals surface area contributed by atoms with Gasteiger partial charge in [0.1, 0.15) is 17.2 Å². The number of amides is 1. The van der Waals surface area contributed by atoms with Crippen LogP contribution in [0.2, 0.25) is 10.0 Å². The standard InChI is InChI=1S/C16H14Cl2N2O4/c1-9(12-4-3-11(21)7-14(12)22)19-20-16(23)8-24-15-5-2-10(17)6-13(15)18/h2-7,21-22H,8H2,1H3,(H,20,23)/b19-9+. The van der Waals surface area contributed by atoms with Crippen LogP contribution in [-0.2, 0) is 4.79 Å². The molecule has 0 bridgehead atoms. The fourth-order valence-electron chi connectivity index (χ4n) is 1.80. The fourth-order valence-corrected chi connectivity index (χ4v) is 2.26. The number of hydrazone groups is 1. The molecule has 24 heavy (non-hydrogen) atoms. The molecule has 2 rings (SSSR count). The van der Waals surface area contributed by atoms with Crippen molar-refractivity contribution < 1.29 is 19.7 Å². The summed E-state index contributed by atoms with van der Waals surface area (Å²) in [5, 5.41) is 23.6. The highest BCUT2D eigenvalue weighted by atomic mass is 35.5. The SMILES string of the molecule is C/C(=N\NC(=O)COc1ccc(Cl)cc1Cl)c1ccc(O)cc1O. The van der Waals surface area contributed by atoms with Crippen LogP contribution in [0.15, 0.2) is 41.5 Å². The topological polar surface area (TPSA) is 91.2 Å². The van der Waals surface area contributed by atoms with Crippen molar-refractivity contribution in [3.05, 3.63) is 52.0 Å².